The van der Waals surface area contributed by atoms with E-state index in [0.29, 0.717) is 30.2 Å². The highest BCUT2D eigenvalue weighted by atomic mass is 35.5. The number of fused-ring (bicyclic) bond motifs is 4. The molecule has 0 spiro atoms. The van der Waals surface area contributed by atoms with E-state index in [9.17, 15) is 19.2 Å². The van der Waals surface area contributed by atoms with Crippen LogP contribution in [-0.4, -0.2) is 106 Å². The Labute approximate surface area is 319 Å². The highest BCUT2D eigenvalue weighted by Crippen LogP contribution is 2.44. The third-order valence-corrected chi connectivity index (χ3v) is 10.2. The fraction of sp³-hybridized carbons (Fsp3) is 0.417. The van der Waals surface area contributed by atoms with Crippen LogP contribution in [0.15, 0.2) is 54.9 Å². The molecule has 54 heavy (non-hydrogen) atoms. The van der Waals surface area contributed by atoms with Crippen molar-refractivity contribution >= 4 is 64.3 Å². The third-order valence-electron chi connectivity index (χ3n) is 8.95. The number of benzene rings is 2. The number of rotatable bonds is 15. The molecule has 2 aromatic carbocycles. The predicted octanol–water partition coefficient (Wildman–Crippen LogP) is 3.81. The first-order valence-corrected chi connectivity index (χ1v) is 18.7. The van der Waals surface area contributed by atoms with Gasteiger partial charge >= 0.3 is 24.0 Å². The summed E-state index contributed by atoms with van der Waals surface area (Å²) in [4.78, 5) is 63.2. The van der Waals surface area contributed by atoms with Crippen molar-refractivity contribution in [2.45, 2.75) is 56.8 Å². The average Bonchev–Trinajstić information content (AvgIpc) is 3.82. The monoisotopic (exact) mass is 781 g/mol. The molecule has 6 rings (SSSR count). The molecule has 4 aromatic rings. The largest absolute Gasteiger partial charge is 0.467 e. The van der Waals surface area contributed by atoms with Gasteiger partial charge in [0.05, 0.1) is 13.4 Å². The number of esters is 3. The zero-order valence-electron chi connectivity index (χ0n) is 29.7. The smallest absolute Gasteiger partial charge is 0.407 e. The highest BCUT2D eigenvalue weighted by Gasteiger charge is 2.50. The molecular weight excluding hydrogens is 742 g/mol. The first kappa shape index (κ1) is 38.7. The minimum atomic E-state index is -1.08. The maximum absolute atomic E-state index is 13.0. The van der Waals surface area contributed by atoms with Gasteiger partial charge in [-0.05, 0) is 46.0 Å². The number of carbonyl (C=O) groups excluding carboxylic acids is 4. The number of nitrogens with two attached hydrogens (primary N) is 1. The van der Waals surface area contributed by atoms with Crippen LogP contribution in [0.5, 0.6) is 0 Å². The van der Waals surface area contributed by atoms with Crippen molar-refractivity contribution in [3.8, 4) is 11.1 Å². The second kappa shape index (κ2) is 17.4. The molecule has 3 heterocycles. The van der Waals surface area contributed by atoms with E-state index in [-0.39, 0.29) is 35.6 Å². The number of carbonyl (C=O) groups is 4. The lowest BCUT2D eigenvalue weighted by Gasteiger charge is -2.24. The SMILES string of the molecule is COC(=O)C(CCSC[C@H]1O[C@@H](n2cnc3c(NCCN)nc(Cl)nc32)[C@H](OC(C)=O)[C@@H]1OC(C)=O)NC(=O)OCC1c2ccccc2-c2ccccc21. The molecule has 16 nitrogen and oxygen atoms in total. The van der Waals surface area contributed by atoms with Gasteiger partial charge in [0.1, 0.15) is 18.8 Å². The van der Waals surface area contributed by atoms with E-state index in [1.165, 1.54) is 43.6 Å². The fourth-order valence-electron chi connectivity index (χ4n) is 6.68. The zero-order chi connectivity index (χ0) is 38.4. The van der Waals surface area contributed by atoms with E-state index in [1.807, 2.05) is 48.5 Å². The number of nitrogens with zero attached hydrogens (tertiary/aromatic N) is 4. The van der Waals surface area contributed by atoms with E-state index < -0.39 is 54.6 Å². The van der Waals surface area contributed by atoms with Crippen molar-refractivity contribution in [2.24, 2.45) is 5.73 Å². The molecule has 0 bridgehead atoms. The third kappa shape index (κ3) is 8.54. The van der Waals surface area contributed by atoms with Gasteiger partial charge in [0.15, 0.2) is 35.4 Å². The average molecular weight is 782 g/mol. The number of ether oxygens (including phenoxy) is 5. The molecule has 1 fully saturated rings. The minimum absolute atomic E-state index is 0.0682. The highest BCUT2D eigenvalue weighted by molar-refractivity contribution is 7.99. The van der Waals surface area contributed by atoms with Gasteiger partial charge in [-0.15, -0.1) is 0 Å². The Hall–Kier alpha value is -4.97. The van der Waals surface area contributed by atoms with Gasteiger partial charge in [0.2, 0.25) is 5.28 Å². The summed E-state index contributed by atoms with van der Waals surface area (Å²) in [6.45, 7) is 3.30. The normalized spacial score (nSPS) is 19.4. The maximum Gasteiger partial charge on any atom is 0.407 e. The van der Waals surface area contributed by atoms with Crippen LogP contribution in [0.25, 0.3) is 22.3 Å². The van der Waals surface area contributed by atoms with Crippen LogP contribution >= 0.6 is 23.4 Å². The molecule has 1 amide bonds. The number of alkyl carbamates (subject to hydrolysis) is 1. The Morgan fingerprint density at radius 3 is 2.31 bits per heavy atom. The van der Waals surface area contributed by atoms with E-state index in [0.717, 1.165) is 22.3 Å². The summed E-state index contributed by atoms with van der Waals surface area (Å²) in [6, 6.07) is 15.0. The summed E-state index contributed by atoms with van der Waals surface area (Å²) in [6.07, 6.45) is -3.00. The number of thioether (sulfide) groups is 1. The van der Waals surface area contributed by atoms with Gasteiger partial charge < -0.3 is 40.1 Å². The van der Waals surface area contributed by atoms with Crippen molar-refractivity contribution in [2.75, 3.05) is 43.6 Å². The van der Waals surface area contributed by atoms with Crippen LogP contribution in [0.2, 0.25) is 5.28 Å². The van der Waals surface area contributed by atoms with Gasteiger partial charge in [0, 0.05) is 38.6 Å². The van der Waals surface area contributed by atoms with Crippen molar-refractivity contribution in [1.29, 1.82) is 0 Å². The number of anilines is 1. The quantitative estimate of drug-likeness (QED) is 0.0678. The summed E-state index contributed by atoms with van der Waals surface area (Å²) in [5.74, 6) is -1.06. The van der Waals surface area contributed by atoms with Crippen LogP contribution in [0.3, 0.4) is 0 Å². The maximum atomic E-state index is 13.0. The molecule has 18 heteroatoms. The van der Waals surface area contributed by atoms with Gasteiger partial charge in [-0.1, -0.05) is 48.5 Å². The molecule has 4 N–H and O–H groups in total. The Bertz CT molecular complexity index is 1970. The van der Waals surface area contributed by atoms with Crippen LogP contribution < -0.4 is 16.4 Å². The first-order chi connectivity index (χ1) is 26.1. The second-order valence-electron chi connectivity index (χ2n) is 12.5. The molecule has 1 aliphatic heterocycles. The molecule has 1 saturated heterocycles. The second-order valence-corrected chi connectivity index (χ2v) is 14.0. The van der Waals surface area contributed by atoms with Crippen molar-refractivity contribution < 1.29 is 42.9 Å². The fourth-order valence-corrected chi connectivity index (χ4v) is 7.92. The van der Waals surface area contributed by atoms with Crippen molar-refractivity contribution in [3.63, 3.8) is 0 Å². The molecule has 1 aliphatic carbocycles. The molecule has 0 radical (unpaired) electrons. The Morgan fingerprint density at radius 1 is 1.00 bits per heavy atom. The molecule has 1 unspecified atom stereocenters. The number of imidazole rings is 1. The molecular formula is C36H40ClN7O9S. The van der Waals surface area contributed by atoms with Crippen LogP contribution in [0.1, 0.15) is 43.5 Å². The van der Waals surface area contributed by atoms with Crippen molar-refractivity contribution in [3.05, 3.63) is 71.3 Å². The Kier molecular flexibility index (Phi) is 12.5. The first-order valence-electron chi connectivity index (χ1n) is 17.2. The lowest BCUT2D eigenvalue weighted by Crippen LogP contribution is -2.42. The molecule has 5 atom stereocenters. The minimum Gasteiger partial charge on any atom is -0.467 e. The van der Waals surface area contributed by atoms with E-state index in [2.05, 4.69) is 25.6 Å². The van der Waals surface area contributed by atoms with E-state index >= 15 is 0 Å². The lowest BCUT2D eigenvalue weighted by atomic mass is 9.98. The van der Waals surface area contributed by atoms with Crippen LogP contribution in [0, 0.1) is 0 Å². The molecule has 2 aliphatic rings. The number of hydrogen-bond donors (Lipinski definition) is 3. The van der Waals surface area contributed by atoms with Crippen molar-refractivity contribution in [1.82, 2.24) is 24.8 Å². The number of halogens is 1. The van der Waals surface area contributed by atoms with Crippen LogP contribution in [0.4, 0.5) is 10.6 Å². The standard InChI is InChI=1S/C36H40ClN7O9S/c1-19(45)51-29-27(53-33(30(29)52-20(2)46)44-18-40-28-31(39-14-13-38)42-35(37)43-32(28)44)17-54-15-12-26(34(47)49-3)41-36(48)50-16-25-23-10-6-4-8-21(23)22-9-5-7-11-24(22)25/h4-11,18,25-27,29-30,33H,12-17,38H2,1-3H3,(H,41,48)(H,39,42,43)/t26?,27-,29-,30-,33-/m1/s1. The number of aromatic nitrogens is 4. The number of nitrogens with one attached hydrogen (secondary N) is 2. The molecule has 2 aromatic heterocycles. The number of methoxy groups -OCH3 is 1. The Morgan fingerprint density at radius 2 is 1.67 bits per heavy atom. The van der Waals surface area contributed by atoms with Gasteiger partial charge in [-0.25, -0.2) is 14.6 Å². The predicted molar refractivity (Wildman–Crippen MR) is 199 cm³/mol. The van der Waals surface area contributed by atoms with E-state index in [4.69, 9.17) is 41.0 Å². The number of amides is 1. The number of hydrogen-bond acceptors (Lipinski definition) is 15. The zero-order valence-corrected chi connectivity index (χ0v) is 31.3. The van der Waals surface area contributed by atoms with Gasteiger partial charge in [-0.2, -0.15) is 21.7 Å². The van der Waals surface area contributed by atoms with E-state index in [1.54, 1.807) is 0 Å². The molecule has 0 saturated carbocycles. The summed E-state index contributed by atoms with van der Waals surface area (Å²) in [5.41, 5.74) is 10.6. The summed E-state index contributed by atoms with van der Waals surface area (Å²) < 4.78 is 29.9. The molecule has 286 valence electrons. The van der Waals surface area contributed by atoms with Gasteiger partial charge in [-0.3, -0.25) is 14.2 Å². The summed E-state index contributed by atoms with van der Waals surface area (Å²) in [5, 5.41) is 5.64. The lowest BCUT2D eigenvalue weighted by molar-refractivity contribution is -0.165. The Balaban J connectivity index is 1.11. The summed E-state index contributed by atoms with van der Waals surface area (Å²) in [7, 11) is 1.24. The summed E-state index contributed by atoms with van der Waals surface area (Å²) >= 11 is 7.61. The topological polar surface area (TPSA) is 208 Å². The van der Waals surface area contributed by atoms with Crippen LogP contribution in [-0.2, 0) is 38.1 Å². The van der Waals surface area contributed by atoms with Gasteiger partial charge in [0.25, 0.3) is 0 Å².